The van der Waals surface area contributed by atoms with E-state index in [1.54, 1.807) is 25.1 Å². The molecule has 0 aliphatic heterocycles. The summed E-state index contributed by atoms with van der Waals surface area (Å²) in [5, 5.41) is 12.5. The number of hydrogen-bond acceptors (Lipinski definition) is 3. The lowest BCUT2D eigenvalue weighted by Gasteiger charge is -2.19. The van der Waals surface area contributed by atoms with Crippen molar-refractivity contribution in [3.8, 4) is 0 Å². The molecule has 128 valence electrons. The van der Waals surface area contributed by atoms with E-state index < -0.39 is 6.04 Å². The van der Waals surface area contributed by atoms with Crippen molar-refractivity contribution >= 4 is 29.3 Å². The van der Waals surface area contributed by atoms with E-state index >= 15 is 0 Å². The van der Waals surface area contributed by atoms with E-state index in [-0.39, 0.29) is 23.6 Å². The van der Waals surface area contributed by atoms with E-state index in [0.29, 0.717) is 11.4 Å². The van der Waals surface area contributed by atoms with Crippen LogP contribution in [0.3, 0.4) is 0 Å². The first-order chi connectivity index (χ1) is 11.5. The number of aliphatic hydroxyl groups excluding tert-OH is 1. The van der Waals surface area contributed by atoms with Gasteiger partial charge in [-0.25, -0.2) is 4.39 Å². The molecule has 2 aromatic carbocycles. The largest absolute Gasteiger partial charge is 0.394 e. The monoisotopic (exact) mass is 367 g/mol. The predicted molar refractivity (Wildman–Crippen MR) is 95.9 cm³/mol. The first kappa shape index (κ1) is 18.8. The van der Waals surface area contributed by atoms with Gasteiger partial charge >= 0.3 is 0 Å². The van der Waals surface area contributed by atoms with Gasteiger partial charge in [-0.1, -0.05) is 35.9 Å². The molecule has 2 atom stereocenters. The Kier molecular flexibility index (Phi) is 7.09. The van der Waals surface area contributed by atoms with Crippen LogP contribution in [0, 0.1) is 5.82 Å². The van der Waals surface area contributed by atoms with Gasteiger partial charge in [-0.15, -0.1) is 11.8 Å². The fraction of sp³-hybridized carbons (Fsp3) is 0.278. The molecule has 0 spiro atoms. The molecule has 0 saturated heterocycles. The highest BCUT2D eigenvalue weighted by molar-refractivity contribution is 8.00. The zero-order valence-electron chi connectivity index (χ0n) is 13.2. The molecule has 0 fully saturated rings. The van der Waals surface area contributed by atoms with Crippen LogP contribution in [-0.4, -0.2) is 28.9 Å². The average molecular weight is 368 g/mol. The van der Waals surface area contributed by atoms with E-state index in [1.807, 2.05) is 18.2 Å². The first-order valence-electron chi connectivity index (χ1n) is 7.56. The van der Waals surface area contributed by atoms with E-state index in [4.69, 9.17) is 11.6 Å². The van der Waals surface area contributed by atoms with Crippen LogP contribution < -0.4 is 5.32 Å². The normalized spacial score (nSPS) is 13.3. The summed E-state index contributed by atoms with van der Waals surface area (Å²) in [5.74, 6) is -0.534. The molecule has 2 aromatic rings. The van der Waals surface area contributed by atoms with Crippen LogP contribution >= 0.6 is 23.4 Å². The average Bonchev–Trinajstić information content (AvgIpc) is 2.56. The second kappa shape index (κ2) is 9.06. The number of amides is 1. The van der Waals surface area contributed by atoms with E-state index in [2.05, 4.69) is 5.32 Å². The molecule has 2 N–H and O–H groups in total. The zero-order chi connectivity index (χ0) is 17.5. The molecule has 24 heavy (non-hydrogen) atoms. The summed E-state index contributed by atoms with van der Waals surface area (Å²) in [4.78, 5) is 13.2. The van der Waals surface area contributed by atoms with Crippen molar-refractivity contribution in [3.63, 3.8) is 0 Å². The summed E-state index contributed by atoms with van der Waals surface area (Å²) in [7, 11) is 0. The molecular weight excluding hydrogens is 349 g/mol. The molecule has 6 heteroatoms. The number of nitrogens with one attached hydrogen (secondary N) is 1. The van der Waals surface area contributed by atoms with Crippen molar-refractivity contribution in [2.45, 2.75) is 29.5 Å². The third-order valence-corrected chi connectivity index (χ3v) is 5.07. The maximum Gasteiger partial charge on any atom is 0.233 e. The predicted octanol–water partition coefficient (Wildman–Crippen LogP) is 3.68. The van der Waals surface area contributed by atoms with Gasteiger partial charge in [0.15, 0.2) is 0 Å². The highest BCUT2D eigenvalue weighted by Crippen LogP contribution is 2.30. The Hall–Kier alpha value is -1.56. The summed E-state index contributed by atoms with van der Waals surface area (Å²) in [5.41, 5.74) is 0.723. The number of thioether (sulfide) groups is 1. The quantitative estimate of drug-likeness (QED) is 0.734. The minimum atomic E-state index is -0.464. The van der Waals surface area contributed by atoms with Crippen LogP contribution in [-0.2, 0) is 11.2 Å². The van der Waals surface area contributed by atoms with Gasteiger partial charge in [0.1, 0.15) is 5.82 Å². The molecule has 0 heterocycles. The summed E-state index contributed by atoms with van der Waals surface area (Å²) in [6.07, 6.45) is 0.365. The Morgan fingerprint density at radius 3 is 2.71 bits per heavy atom. The van der Waals surface area contributed by atoms with Crippen LogP contribution in [0.5, 0.6) is 0 Å². The second-order valence-electron chi connectivity index (χ2n) is 5.41. The van der Waals surface area contributed by atoms with Gasteiger partial charge in [0, 0.05) is 4.90 Å². The molecule has 0 radical (unpaired) electrons. The molecular formula is C18H19ClFNO2S. The summed E-state index contributed by atoms with van der Waals surface area (Å²) in [6.45, 7) is 1.56. The maximum atomic E-state index is 13.2. The molecule has 0 saturated carbocycles. The van der Waals surface area contributed by atoms with Crippen molar-refractivity contribution in [3.05, 3.63) is 64.9 Å². The van der Waals surface area contributed by atoms with Gasteiger partial charge < -0.3 is 10.4 Å². The van der Waals surface area contributed by atoms with Crippen LogP contribution in [0.1, 0.15) is 12.5 Å². The first-order valence-corrected chi connectivity index (χ1v) is 8.82. The standard InChI is InChI=1S/C18H19ClFNO2S/c1-12(24-17-8-3-2-7-16(17)19)18(23)21-15(11-22)10-13-5-4-6-14(20)9-13/h2-9,12,15,22H,10-11H2,1H3,(H,21,23). The summed E-state index contributed by atoms with van der Waals surface area (Å²) in [6, 6.07) is 13.0. The van der Waals surface area contributed by atoms with E-state index in [1.165, 1.54) is 23.9 Å². The number of carbonyl (C=O) groups is 1. The molecule has 2 unspecified atom stereocenters. The van der Waals surface area contributed by atoms with Crippen molar-refractivity contribution < 1.29 is 14.3 Å². The van der Waals surface area contributed by atoms with Crippen LogP contribution in [0.4, 0.5) is 4.39 Å². The van der Waals surface area contributed by atoms with Gasteiger partial charge in [-0.3, -0.25) is 4.79 Å². The Labute approximate surface area is 150 Å². The molecule has 0 aliphatic carbocycles. The zero-order valence-corrected chi connectivity index (χ0v) is 14.8. The molecule has 0 bridgehead atoms. The Morgan fingerprint density at radius 1 is 1.29 bits per heavy atom. The lowest BCUT2D eigenvalue weighted by atomic mass is 10.1. The Bertz CT molecular complexity index is 698. The maximum absolute atomic E-state index is 13.2. The minimum absolute atomic E-state index is 0.199. The Morgan fingerprint density at radius 2 is 2.04 bits per heavy atom. The van der Waals surface area contributed by atoms with Crippen molar-refractivity contribution in [2.24, 2.45) is 0 Å². The third kappa shape index (κ3) is 5.51. The van der Waals surface area contributed by atoms with Gasteiger partial charge in [0.25, 0.3) is 0 Å². The topological polar surface area (TPSA) is 49.3 Å². The van der Waals surface area contributed by atoms with Crippen molar-refractivity contribution in [1.29, 1.82) is 0 Å². The second-order valence-corrected chi connectivity index (χ2v) is 7.20. The third-order valence-electron chi connectivity index (χ3n) is 3.45. The molecule has 1 amide bonds. The SMILES string of the molecule is CC(Sc1ccccc1Cl)C(=O)NC(CO)Cc1cccc(F)c1. The van der Waals surface area contributed by atoms with Gasteiger partial charge in [-0.05, 0) is 43.2 Å². The van der Waals surface area contributed by atoms with Gasteiger partial charge in [0.2, 0.25) is 5.91 Å². The highest BCUT2D eigenvalue weighted by atomic mass is 35.5. The summed E-state index contributed by atoms with van der Waals surface area (Å²) >= 11 is 7.45. The van der Waals surface area contributed by atoms with Crippen LogP contribution in [0.15, 0.2) is 53.4 Å². The number of aliphatic hydroxyl groups is 1. The highest BCUT2D eigenvalue weighted by Gasteiger charge is 2.19. The van der Waals surface area contributed by atoms with Crippen molar-refractivity contribution in [1.82, 2.24) is 5.32 Å². The fourth-order valence-electron chi connectivity index (χ4n) is 2.21. The summed E-state index contributed by atoms with van der Waals surface area (Å²) < 4.78 is 13.2. The van der Waals surface area contributed by atoms with Gasteiger partial charge in [-0.2, -0.15) is 0 Å². The minimum Gasteiger partial charge on any atom is -0.394 e. The van der Waals surface area contributed by atoms with Crippen molar-refractivity contribution in [2.75, 3.05) is 6.61 Å². The van der Waals surface area contributed by atoms with Gasteiger partial charge in [0.05, 0.1) is 22.9 Å². The molecule has 3 nitrogen and oxygen atoms in total. The number of hydrogen-bond donors (Lipinski definition) is 2. The fourth-order valence-corrected chi connectivity index (χ4v) is 3.38. The van der Waals surface area contributed by atoms with E-state index in [0.717, 1.165) is 10.5 Å². The molecule has 2 rings (SSSR count). The van der Waals surface area contributed by atoms with Crippen LogP contribution in [0.2, 0.25) is 5.02 Å². The number of benzene rings is 2. The number of carbonyl (C=O) groups excluding carboxylic acids is 1. The number of rotatable bonds is 7. The lowest BCUT2D eigenvalue weighted by molar-refractivity contribution is -0.121. The molecule has 0 aromatic heterocycles. The van der Waals surface area contributed by atoms with Crippen LogP contribution in [0.25, 0.3) is 0 Å². The smallest absolute Gasteiger partial charge is 0.233 e. The lowest BCUT2D eigenvalue weighted by Crippen LogP contribution is -2.42. The number of halogens is 2. The Balaban J connectivity index is 1.94. The molecule has 0 aliphatic rings. The van der Waals surface area contributed by atoms with E-state index in [9.17, 15) is 14.3 Å².